The summed E-state index contributed by atoms with van der Waals surface area (Å²) in [4.78, 5) is 7.39. The molecule has 13 aromatic carbocycles. The highest BCUT2D eigenvalue weighted by Crippen LogP contribution is 2.48. The summed E-state index contributed by atoms with van der Waals surface area (Å²) in [6, 6.07) is 97.9. The van der Waals surface area contributed by atoms with E-state index < -0.39 is 0 Å². The molecule has 0 bridgehead atoms. The molecule has 0 radical (unpaired) electrons. The molecule has 4 nitrogen and oxygen atoms in total. The first-order valence-electron chi connectivity index (χ1n) is 25.1. The van der Waals surface area contributed by atoms with Crippen LogP contribution in [0.4, 0.5) is 17.1 Å². The van der Waals surface area contributed by atoms with E-state index in [9.17, 15) is 5.26 Å². The summed E-state index contributed by atoms with van der Waals surface area (Å²) in [5.74, 6) is 0.880. The van der Waals surface area contributed by atoms with Gasteiger partial charge in [-0.15, -0.1) is 0 Å². The number of nitrogens with zero attached hydrogens (tertiary/aromatic N) is 4. The highest BCUT2D eigenvalue weighted by Gasteiger charge is 2.21. The average molecular weight is 941 g/mol. The smallest absolute Gasteiger partial charge is 0.145 e. The third-order valence-electron chi connectivity index (χ3n) is 14.8. The number of hydrogen-bond donors (Lipinski definition) is 0. The molecule has 0 aliphatic carbocycles. The molecule has 0 aliphatic rings. The summed E-state index contributed by atoms with van der Waals surface area (Å²) in [7, 11) is 0. The second kappa shape index (κ2) is 17.6. The van der Waals surface area contributed by atoms with E-state index in [2.05, 4.69) is 246 Å². The van der Waals surface area contributed by atoms with Gasteiger partial charge in [0, 0.05) is 28.3 Å². The number of fused-ring (bicyclic) bond motifs is 6. The van der Waals surface area contributed by atoms with Crippen LogP contribution in [0.25, 0.3) is 115 Å². The molecular formula is C70H44N4. The van der Waals surface area contributed by atoms with E-state index in [1.807, 2.05) is 36.4 Å². The van der Waals surface area contributed by atoms with E-state index in [0.717, 1.165) is 67.1 Å². The van der Waals surface area contributed by atoms with Crippen LogP contribution in [-0.2, 0) is 0 Å². The topological polar surface area (TPSA) is 44.9 Å². The quantitative estimate of drug-likeness (QED) is 0.143. The molecule has 0 amide bonds. The van der Waals surface area contributed by atoms with E-state index in [0.29, 0.717) is 5.56 Å². The van der Waals surface area contributed by atoms with Crippen molar-refractivity contribution in [3.8, 4) is 56.5 Å². The number of imidazole rings is 1. The van der Waals surface area contributed by atoms with Gasteiger partial charge in [-0.1, -0.05) is 170 Å². The summed E-state index contributed by atoms with van der Waals surface area (Å²) in [6.07, 6.45) is 0. The van der Waals surface area contributed by atoms with Crippen molar-refractivity contribution in [3.63, 3.8) is 0 Å². The fourth-order valence-electron chi connectivity index (χ4n) is 11.3. The number of aromatic nitrogens is 2. The highest BCUT2D eigenvalue weighted by atomic mass is 15.1. The van der Waals surface area contributed by atoms with Crippen molar-refractivity contribution < 1.29 is 0 Å². The molecule has 0 unspecified atom stereocenters. The predicted molar refractivity (Wildman–Crippen MR) is 310 cm³/mol. The maximum Gasteiger partial charge on any atom is 0.145 e. The number of para-hydroxylation sites is 3. The molecule has 0 N–H and O–H groups in total. The Kier molecular flexibility index (Phi) is 10.2. The largest absolute Gasteiger partial charge is 0.310 e. The maximum absolute atomic E-state index is 9.74. The predicted octanol–water partition coefficient (Wildman–Crippen LogP) is 18.8. The summed E-state index contributed by atoms with van der Waals surface area (Å²) < 4.78 is 2.23. The summed E-state index contributed by atoms with van der Waals surface area (Å²) in [5.41, 5.74) is 14.9. The van der Waals surface area contributed by atoms with Gasteiger partial charge in [0.1, 0.15) is 5.82 Å². The van der Waals surface area contributed by atoms with Crippen LogP contribution >= 0.6 is 0 Å². The van der Waals surface area contributed by atoms with Crippen LogP contribution in [0.2, 0.25) is 0 Å². The molecule has 74 heavy (non-hydrogen) atoms. The minimum atomic E-state index is 0.616. The number of nitriles is 1. The zero-order valence-electron chi connectivity index (χ0n) is 40.2. The molecule has 14 rings (SSSR count). The fraction of sp³-hybridized carbons (Fsp3) is 0. The van der Waals surface area contributed by atoms with E-state index in [1.54, 1.807) is 0 Å². The second-order valence-electron chi connectivity index (χ2n) is 19.0. The Morgan fingerprint density at radius 3 is 1.54 bits per heavy atom. The van der Waals surface area contributed by atoms with Gasteiger partial charge in [0.2, 0.25) is 0 Å². The standard InChI is InChI=1S/C70H44N4/c71-45-46-28-36-55(37-29-46)73(56-38-32-49(33-39-56)70-72-66-26-10-11-27-67(66)74(70)54-18-2-1-3-19-54)57-40-34-51-42-50(30-31-52(51)43-57)53-35-41-64-65(44-53)69(61-25-13-17-48-15-5-7-21-59(48)61)63-23-9-8-22-62(63)68(64)60-24-12-16-47-14-4-6-20-58(47)60/h1-44H. The van der Waals surface area contributed by atoms with Crippen LogP contribution in [-0.4, -0.2) is 9.55 Å². The zero-order chi connectivity index (χ0) is 49.1. The van der Waals surface area contributed by atoms with Gasteiger partial charge in [-0.05, 0) is 184 Å². The van der Waals surface area contributed by atoms with Gasteiger partial charge >= 0.3 is 0 Å². The highest BCUT2D eigenvalue weighted by molar-refractivity contribution is 6.25. The first kappa shape index (κ1) is 42.8. The van der Waals surface area contributed by atoms with Crippen molar-refractivity contribution in [1.29, 1.82) is 5.26 Å². The summed E-state index contributed by atoms with van der Waals surface area (Å²) in [5, 5.41) is 21.9. The lowest BCUT2D eigenvalue weighted by Gasteiger charge is -2.26. The van der Waals surface area contributed by atoms with Gasteiger partial charge in [0.25, 0.3) is 0 Å². The van der Waals surface area contributed by atoms with Crippen molar-refractivity contribution in [1.82, 2.24) is 9.55 Å². The molecule has 4 heteroatoms. The minimum absolute atomic E-state index is 0.616. The third-order valence-corrected chi connectivity index (χ3v) is 14.8. The average Bonchev–Trinajstić information content (AvgIpc) is 3.90. The van der Waals surface area contributed by atoms with Crippen molar-refractivity contribution in [2.24, 2.45) is 0 Å². The third kappa shape index (κ3) is 7.18. The zero-order valence-corrected chi connectivity index (χ0v) is 40.2. The molecular weight excluding hydrogens is 897 g/mol. The van der Waals surface area contributed by atoms with Crippen LogP contribution in [0.5, 0.6) is 0 Å². The normalized spacial score (nSPS) is 11.5. The van der Waals surface area contributed by atoms with Crippen LogP contribution in [0.1, 0.15) is 5.56 Å². The Bertz CT molecular complexity index is 4530. The molecule has 0 atom stereocenters. The van der Waals surface area contributed by atoms with Crippen LogP contribution < -0.4 is 4.90 Å². The summed E-state index contributed by atoms with van der Waals surface area (Å²) >= 11 is 0. The molecule has 0 spiro atoms. The lowest BCUT2D eigenvalue weighted by Crippen LogP contribution is -2.10. The maximum atomic E-state index is 9.74. The van der Waals surface area contributed by atoms with E-state index >= 15 is 0 Å². The Labute approximate surface area is 428 Å². The van der Waals surface area contributed by atoms with Gasteiger partial charge in [-0.25, -0.2) is 4.98 Å². The SMILES string of the molecule is N#Cc1ccc(N(c2ccc(-c3nc4ccccc4n3-c3ccccc3)cc2)c2ccc3cc(-c4ccc5c(-c6cccc7ccccc67)c6ccccc6c(-c6cccc7ccccc67)c5c4)ccc3c2)cc1. The Morgan fingerprint density at radius 1 is 0.351 bits per heavy atom. The number of rotatable bonds is 8. The van der Waals surface area contributed by atoms with Crippen molar-refractivity contribution >= 4 is 82.0 Å². The molecule has 344 valence electrons. The number of hydrogen-bond acceptors (Lipinski definition) is 3. The number of anilines is 3. The monoisotopic (exact) mass is 940 g/mol. The Balaban J connectivity index is 0.898. The Morgan fingerprint density at radius 2 is 0.851 bits per heavy atom. The van der Waals surface area contributed by atoms with E-state index in [-0.39, 0.29) is 0 Å². The first-order valence-corrected chi connectivity index (χ1v) is 25.1. The van der Waals surface area contributed by atoms with E-state index in [4.69, 9.17) is 4.98 Å². The van der Waals surface area contributed by atoms with Crippen molar-refractivity contribution in [2.75, 3.05) is 4.90 Å². The summed E-state index contributed by atoms with van der Waals surface area (Å²) in [6.45, 7) is 0. The van der Waals surface area contributed by atoms with Crippen LogP contribution in [0.3, 0.4) is 0 Å². The fourth-order valence-corrected chi connectivity index (χ4v) is 11.3. The van der Waals surface area contributed by atoms with Gasteiger partial charge in [0.15, 0.2) is 0 Å². The van der Waals surface area contributed by atoms with Gasteiger partial charge in [-0.2, -0.15) is 5.26 Å². The molecule has 0 saturated carbocycles. The van der Waals surface area contributed by atoms with Crippen LogP contribution in [0, 0.1) is 11.3 Å². The van der Waals surface area contributed by atoms with Gasteiger partial charge < -0.3 is 4.90 Å². The lowest BCUT2D eigenvalue weighted by atomic mass is 9.83. The second-order valence-corrected chi connectivity index (χ2v) is 19.0. The molecule has 1 aromatic heterocycles. The first-order chi connectivity index (χ1) is 36.6. The lowest BCUT2D eigenvalue weighted by molar-refractivity contribution is 1.10. The molecule has 0 fully saturated rings. The van der Waals surface area contributed by atoms with Gasteiger partial charge in [0.05, 0.1) is 22.7 Å². The number of benzene rings is 13. The Hall–Kier alpha value is -10.1. The molecule has 0 saturated heterocycles. The molecule has 14 aromatic rings. The molecule has 1 heterocycles. The van der Waals surface area contributed by atoms with E-state index in [1.165, 1.54) is 65.3 Å². The van der Waals surface area contributed by atoms with Crippen LogP contribution in [0.15, 0.2) is 267 Å². The van der Waals surface area contributed by atoms with Gasteiger partial charge in [-0.3, -0.25) is 4.57 Å². The minimum Gasteiger partial charge on any atom is -0.310 e. The van der Waals surface area contributed by atoms with Crippen molar-refractivity contribution in [3.05, 3.63) is 272 Å². The van der Waals surface area contributed by atoms with Crippen molar-refractivity contribution in [2.45, 2.75) is 0 Å². The molecule has 0 aliphatic heterocycles.